The average Bonchev–Trinajstić information content (AvgIpc) is 1.83. The summed E-state index contributed by atoms with van der Waals surface area (Å²) in [7, 11) is 4.90. The number of imidazole rings is 1. The van der Waals surface area contributed by atoms with E-state index in [0.717, 1.165) is 66.3 Å². The Balaban J connectivity index is 0.000000155. The van der Waals surface area contributed by atoms with Gasteiger partial charge in [0.25, 0.3) is 17.5 Å². The SMILES string of the molecule is COc1ccc(-c2cc(C(=O)NC(Cc3ccc4ccccc4c3)C(=O)O)[n+](C)[nH]2)cc1.COc1ccc(-c2cc(C(=O)NC(Cc3ccc4ccccc4c3)C(=O)O)c(C)o2)cc1.[C-]#[N+]c1ccc(-c2cc(C(=O)NC(Cc3nc4ccccc4[nH]3)C(=O)O)c(C)o2)cc1. The van der Waals surface area contributed by atoms with Gasteiger partial charge in [0.1, 0.15) is 64.2 Å². The molecule has 0 bridgehead atoms. The molecule has 4 heterocycles. The largest absolute Gasteiger partial charge is 0.497 e. The highest BCUT2D eigenvalue weighted by atomic mass is 16.5. The van der Waals surface area contributed by atoms with E-state index in [1.54, 1.807) is 94.4 Å². The van der Waals surface area contributed by atoms with Gasteiger partial charge < -0.3 is 54.6 Å². The van der Waals surface area contributed by atoms with Crippen LogP contribution >= 0.6 is 0 Å². The van der Waals surface area contributed by atoms with E-state index in [4.69, 9.17) is 24.9 Å². The second-order valence-electron chi connectivity index (χ2n) is 22.2. The van der Waals surface area contributed by atoms with E-state index < -0.39 is 53.8 Å². The minimum absolute atomic E-state index is 0.0115. The molecule has 8 aromatic carbocycles. The van der Waals surface area contributed by atoms with Gasteiger partial charge in [0.2, 0.25) is 0 Å². The molecule has 0 radical (unpaired) electrons. The molecule has 12 aromatic rings. The molecule has 4 aromatic heterocycles. The number of furan rings is 2. The van der Waals surface area contributed by atoms with Crippen LogP contribution in [0, 0.1) is 20.4 Å². The minimum Gasteiger partial charge on any atom is -0.497 e. The van der Waals surface area contributed by atoms with E-state index in [9.17, 15) is 44.1 Å². The molecule has 3 atom stereocenters. The van der Waals surface area contributed by atoms with E-state index in [1.165, 1.54) is 0 Å². The number of nitrogens with zero attached hydrogens (tertiary/aromatic N) is 3. The van der Waals surface area contributed by atoms with Gasteiger partial charge >= 0.3 is 23.8 Å². The quantitative estimate of drug-likeness (QED) is 0.0260. The Morgan fingerprint density at radius 2 is 0.958 bits per heavy atom. The number of aromatic nitrogens is 4. The first-order valence-corrected chi connectivity index (χ1v) is 29.9. The van der Waals surface area contributed by atoms with E-state index in [0.29, 0.717) is 57.1 Å². The van der Waals surface area contributed by atoms with E-state index >= 15 is 0 Å². The third-order valence-corrected chi connectivity index (χ3v) is 15.7. The van der Waals surface area contributed by atoms with Gasteiger partial charge in [0.05, 0.1) is 43.0 Å². The monoisotopic (exact) mass is 1270 g/mol. The van der Waals surface area contributed by atoms with Crippen LogP contribution in [0.5, 0.6) is 11.5 Å². The van der Waals surface area contributed by atoms with Gasteiger partial charge in [0.15, 0.2) is 12.7 Å². The number of hydrogen-bond donors (Lipinski definition) is 8. The van der Waals surface area contributed by atoms with Gasteiger partial charge in [-0.05, 0) is 119 Å². The van der Waals surface area contributed by atoms with Crippen molar-refractivity contribution in [2.75, 3.05) is 14.2 Å². The number of carboxylic acids is 3. The summed E-state index contributed by atoms with van der Waals surface area (Å²) in [6, 6.07) is 57.8. The van der Waals surface area contributed by atoms with Crippen molar-refractivity contribution >= 4 is 73.9 Å². The third kappa shape index (κ3) is 16.1. The molecule has 0 spiro atoms. The fraction of sp³-hybridized carbons (Fsp3) is 0.149. The maximum atomic E-state index is 12.9. The Hall–Kier alpha value is -12.6. The van der Waals surface area contributed by atoms with Gasteiger partial charge in [-0.2, -0.15) is 5.10 Å². The molecule has 0 saturated heterocycles. The molecule has 478 valence electrons. The number of methoxy groups -OCH3 is 2. The Morgan fingerprint density at radius 1 is 0.526 bits per heavy atom. The average molecular weight is 1270 g/mol. The topological polar surface area (TPSA) is 297 Å². The van der Waals surface area contributed by atoms with Crippen LogP contribution in [-0.2, 0) is 40.7 Å². The molecule has 0 aliphatic rings. The van der Waals surface area contributed by atoms with Crippen molar-refractivity contribution in [3.05, 3.63) is 257 Å². The maximum absolute atomic E-state index is 12.9. The van der Waals surface area contributed by atoms with Crippen LogP contribution < -0.4 is 30.1 Å². The van der Waals surface area contributed by atoms with Crippen LogP contribution in [0.25, 0.3) is 71.3 Å². The molecular formula is C74H65N8O13+. The predicted molar refractivity (Wildman–Crippen MR) is 356 cm³/mol. The molecule has 3 amide bonds. The number of aromatic amines is 2. The number of carbonyl (C=O) groups excluding carboxylic acids is 3. The number of para-hydroxylation sites is 2. The maximum Gasteiger partial charge on any atom is 0.326 e. The number of H-pyrrole nitrogens is 2. The minimum atomic E-state index is -1.16. The van der Waals surface area contributed by atoms with Crippen LogP contribution in [-0.4, -0.2) is 98.4 Å². The van der Waals surface area contributed by atoms with Crippen molar-refractivity contribution in [3.8, 4) is 45.4 Å². The lowest BCUT2D eigenvalue weighted by Gasteiger charge is -2.15. The van der Waals surface area contributed by atoms with Crippen molar-refractivity contribution in [2.45, 2.75) is 51.2 Å². The molecule has 21 nitrogen and oxygen atoms in total. The zero-order chi connectivity index (χ0) is 67.3. The number of ether oxygens (including phenoxy) is 2. The van der Waals surface area contributed by atoms with Crippen molar-refractivity contribution < 1.29 is 67.1 Å². The smallest absolute Gasteiger partial charge is 0.326 e. The standard InChI is InChI=1S/C26H23NO5.C25H23N3O4.C23H18N4O4/c1-16-22(15-24(32-16)19-9-11-21(31-2)12-10-19)25(28)27-23(26(29)30)14-17-7-8-18-5-3-4-6-20(18)13-17;1-28-23(15-21(27-28)18-9-11-20(32-2)12-10-18)24(29)26-22(25(30)31)14-16-7-8-17-5-3-4-6-19(17)13-16;1-13-16(11-20(31-13)14-7-9-15(24-2)10-8-14)22(28)27-19(23(29)30)12-21-25-17-5-3-4-6-18(17)26-21/h3-13,15,23H,14H2,1-2H3,(H,27,28)(H,29,30);3-13,15,22H,14H2,1-2H3,(H2,26,29,30,31);3-11,19H,12H2,1H3,(H,25,26)(H,27,28)(H,29,30)/p+1. The van der Waals surface area contributed by atoms with Crippen molar-refractivity contribution in [1.29, 1.82) is 0 Å². The van der Waals surface area contributed by atoms with E-state index in [-0.39, 0.29) is 24.8 Å². The molecule has 8 N–H and O–H groups in total. The Labute approximate surface area is 544 Å². The summed E-state index contributed by atoms with van der Waals surface area (Å²) in [5, 5.41) is 44.2. The lowest BCUT2D eigenvalue weighted by atomic mass is 10.0. The van der Waals surface area contributed by atoms with Gasteiger partial charge in [-0.25, -0.2) is 24.2 Å². The summed E-state index contributed by atoms with van der Waals surface area (Å²) in [6.45, 7) is 10.3. The van der Waals surface area contributed by atoms with Crippen molar-refractivity contribution in [2.24, 2.45) is 7.05 Å². The molecule has 12 rings (SSSR count). The number of aliphatic carboxylic acids is 3. The number of fused-ring (bicyclic) bond motifs is 3. The van der Waals surface area contributed by atoms with Crippen molar-refractivity contribution in [1.82, 2.24) is 31.0 Å². The number of nitrogens with one attached hydrogen (secondary N) is 5. The highest BCUT2D eigenvalue weighted by molar-refractivity contribution is 6.00. The highest BCUT2D eigenvalue weighted by Crippen LogP contribution is 2.30. The van der Waals surface area contributed by atoms with Crippen LogP contribution in [0.4, 0.5) is 5.69 Å². The lowest BCUT2D eigenvalue weighted by molar-refractivity contribution is -0.727. The summed E-state index contributed by atoms with van der Waals surface area (Å²) < 4.78 is 23.4. The van der Waals surface area contributed by atoms with Gasteiger partial charge in [-0.1, -0.05) is 121 Å². The molecule has 0 aliphatic heterocycles. The summed E-state index contributed by atoms with van der Waals surface area (Å²) in [5.74, 6) is -1.14. The number of carbonyl (C=O) groups is 6. The number of carboxylic acid groups (broad SMARTS) is 3. The van der Waals surface area contributed by atoms with Crippen LogP contribution in [0.15, 0.2) is 209 Å². The van der Waals surface area contributed by atoms with Crippen LogP contribution in [0.3, 0.4) is 0 Å². The number of benzene rings is 8. The fourth-order valence-corrected chi connectivity index (χ4v) is 10.6. The van der Waals surface area contributed by atoms with Crippen LogP contribution in [0.1, 0.15) is 59.7 Å². The molecule has 0 fully saturated rings. The van der Waals surface area contributed by atoms with E-state index in [1.807, 2.05) is 146 Å². The molecule has 95 heavy (non-hydrogen) atoms. The number of hydrogen-bond acceptors (Lipinski definition) is 11. The second-order valence-corrected chi connectivity index (χ2v) is 22.2. The van der Waals surface area contributed by atoms with Crippen LogP contribution in [0.2, 0.25) is 0 Å². The third-order valence-electron chi connectivity index (χ3n) is 15.7. The van der Waals surface area contributed by atoms with Crippen molar-refractivity contribution in [3.63, 3.8) is 0 Å². The summed E-state index contributed by atoms with van der Waals surface area (Å²) in [5.41, 5.74) is 7.72. The number of amides is 3. The summed E-state index contributed by atoms with van der Waals surface area (Å²) in [6.07, 6.45) is 0.372. The first kappa shape index (κ1) is 65.4. The Bertz CT molecular complexity index is 4590. The number of rotatable bonds is 20. The Morgan fingerprint density at radius 3 is 1.42 bits per heavy atom. The molecule has 0 aliphatic carbocycles. The molecule has 21 heteroatoms. The first-order chi connectivity index (χ1) is 45.8. The van der Waals surface area contributed by atoms with Gasteiger partial charge in [-0.3, -0.25) is 14.4 Å². The lowest BCUT2D eigenvalue weighted by Crippen LogP contribution is -2.47. The highest BCUT2D eigenvalue weighted by Gasteiger charge is 2.29. The summed E-state index contributed by atoms with van der Waals surface area (Å²) in [4.78, 5) is 84.8. The second kappa shape index (κ2) is 29.6. The molecular weight excluding hydrogens is 1210 g/mol. The summed E-state index contributed by atoms with van der Waals surface area (Å²) >= 11 is 0. The molecule has 0 saturated carbocycles. The fourth-order valence-electron chi connectivity index (χ4n) is 10.6. The zero-order valence-electron chi connectivity index (χ0n) is 52.2. The van der Waals surface area contributed by atoms with Gasteiger partial charge in [0, 0.05) is 42.0 Å². The normalized spacial score (nSPS) is 11.8. The molecule has 3 unspecified atom stereocenters. The first-order valence-electron chi connectivity index (χ1n) is 29.9. The van der Waals surface area contributed by atoms with E-state index in [2.05, 4.69) is 35.9 Å². The number of aryl methyl sites for hydroxylation is 3. The van der Waals surface area contributed by atoms with Gasteiger partial charge in [-0.15, -0.1) is 4.68 Å². The zero-order valence-corrected chi connectivity index (χ0v) is 52.2. The Kier molecular flexibility index (Phi) is 20.4. The predicted octanol–water partition coefficient (Wildman–Crippen LogP) is 12.0.